The standard InChI is InChI=1S/C10H16O/c1-8(2)10(3)7-5-4-6-9(10)11/h1,4-7H2,2-3H3/t10-/m1/s1. The second-order valence-corrected chi connectivity index (χ2v) is 3.74. The second-order valence-electron chi connectivity index (χ2n) is 3.74. The van der Waals surface area contributed by atoms with Crippen molar-refractivity contribution in [2.45, 2.75) is 39.5 Å². The van der Waals surface area contributed by atoms with Crippen molar-refractivity contribution >= 4 is 5.78 Å². The Bertz CT molecular complexity index is 193. The van der Waals surface area contributed by atoms with Crippen LogP contribution in [0.2, 0.25) is 0 Å². The van der Waals surface area contributed by atoms with Crippen LogP contribution in [0.3, 0.4) is 0 Å². The third-order valence-electron chi connectivity index (χ3n) is 2.89. The van der Waals surface area contributed by atoms with Crippen LogP contribution in [0.4, 0.5) is 0 Å². The summed E-state index contributed by atoms with van der Waals surface area (Å²) in [5.74, 6) is 0.385. The van der Waals surface area contributed by atoms with Crippen molar-refractivity contribution in [2.75, 3.05) is 0 Å². The smallest absolute Gasteiger partial charge is 0.142 e. The molecular weight excluding hydrogens is 136 g/mol. The van der Waals surface area contributed by atoms with E-state index in [1.165, 1.54) is 6.42 Å². The molecule has 1 saturated carbocycles. The Morgan fingerprint density at radius 3 is 2.55 bits per heavy atom. The van der Waals surface area contributed by atoms with Crippen LogP contribution in [0.15, 0.2) is 12.2 Å². The average molecular weight is 152 g/mol. The molecule has 1 nitrogen and oxygen atoms in total. The molecule has 1 aliphatic carbocycles. The van der Waals surface area contributed by atoms with Gasteiger partial charge in [-0.15, -0.1) is 0 Å². The van der Waals surface area contributed by atoms with E-state index in [-0.39, 0.29) is 5.41 Å². The summed E-state index contributed by atoms with van der Waals surface area (Å²) in [6.07, 6.45) is 4.00. The lowest BCUT2D eigenvalue weighted by molar-refractivity contribution is -0.128. The van der Waals surface area contributed by atoms with E-state index in [9.17, 15) is 4.79 Å². The van der Waals surface area contributed by atoms with E-state index in [1.807, 2.05) is 13.8 Å². The molecular formula is C10H16O. The lowest BCUT2D eigenvalue weighted by Gasteiger charge is -2.32. The minimum Gasteiger partial charge on any atom is -0.299 e. The maximum Gasteiger partial charge on any atom is 0.142 e. The van der Waals surface area contributed by atoms with Crippen LogP contribution in [0, 0.1) is 5.41 Å². The highest BCUT2D eigenvalue weighted by molar-refractivity contribution is 5.87. The van der Waals surface area contributed by atoms with Crippen molar-refractivity contribution in [3.8, 4) is 0 Å². The maximum absolute atomic E-state index is 11.5. The predicted octanol–water partition coefficient (Wildman–Crippen LogP) is 2.71. The molecule has 0 unspecified atom stereocenters. The van der Waals surface area contributed by atoms with E-state index in [0.717, 1.165) is 24.8 Å². The first-order chi connectivity index (χ1) is 5.07. The molecule has 0 spiro atoms. The average Bonchev–Trinajstić information content (AvgIpc) is 1.95. The molecule has 1 atom stereocenters. The van der Waals surface area contributed by atoms with Gasteiger partial charge in [0.2, 0.25) is 0 Å². The van der Waals surface area contributed by atoms with Crippen LogP contribution in [0.1, 0.15) is 39.5 Å². The third-order valence-corrected chi connectivity index (χ3v) is 2.89. The second kappa shape index (κ2) is 2.80. The molecule has 62 valence electrons. The zero-order valence-corrected chi connectivity index (χ0v) is 7.44. The monoisotopic (exact) mass is 152 g/mol. The van der Waals surface area contributed by atoms with Gasteiger partial charge in [-0.1, -0.05) is 18.6 Å². The molecule has 0 amide bonds. The summed E-state index contributed by atoms with van der Waals surface area (Å²) >= 11 is 0. The highest BCUT2D eigenvalue weighted by Crippen LogP contribution is 2.37. The van der Waals surface area contributed by atoms with E-state index in [2.05, 4.69) is 6.58 Å². The summed E-state index contributed by atoms with van der Waals surface area (Å²) in [6, 6.07) is 0. The number of carbonyl (C=O) groups is 1. The number of hydrogen-bond donors (Lipinski definition) is 0. The van der Waals surface area contributed by atoms with Crippen LogP contribution in [-0.4, -0.2) is 5.78 Å². The van der Waals surface area contributed by atoms with Crippen molar-refractivity contribution in [2.24, 2.45) is 5.41 Å². The first-order valence-corrected chi connectivity index (χ1v) is 4.26. The number of allylic oxidation sites excluding steroid dienone is 1. The van der Waals surface area contributed by atoms with Crippen LogP contribution in [0.5, 0.6) is 0 Å². The zero-order valence-electron chi connectivity index (χ0n) is 7.44. The van der Waals surface area contributed by atoms with E-state index in [1.54, 1.807) is 0 Å². The van der Waals surface area contributed by atoms with Crippen molar-refractivity contribution in [1.82, 2.24) is 0 Å². The quantitative estimate of drug-likeness (QED) is 0.528. The molecule has 0 saturated heterocycles. The van der Waals surface area contributed by atoms with Gasteiger partial charge in [0.1, 0.15) is 5.78 Å². The van der Waals surface area contributed by atoms with E-state index >= 15 is 0 Å². The highest BCUT2D eigenvalue weighted by Gasteiger charge is 2.35. The Labute approximate surface area is 68.5 Å². The van der Waals surface area contributed by atoms with Crippen LogP contribution < -0.4 is 0 Å². The minimum absolute atomic E-state index is 0.196. The van der Waals surface area contributed by atoms with Gasteiger partial charge >= 0.3 is 0 Å². The normalized spacial score (nSPS) is 32.0. The SMILES string of the molecule is C=C(C)[C@@]1(C)CCCCC1=O. The molecule has 11 heavy (non-hydrogen) atoms. The number of ketones is 1. The minimum atomic E-state index is -0.196. The van der Waals surface area contributed by atoms with E-state index in [0.29, 0.717) is 5.78 Å². The Kier molecular flexibility index (Phi) is 2.17. The van der Waals surface area contributed by atoms with Crippen LogP contribution >= 0.6 is 0 Å². The fourth-order valence-electron chi connectivity index (χ4n) is 1.63. The van der Waals surface area contributed by atoms with Gasteiger partial charge in [-0.25, -0.2) is 0 Å². The van der Waals surface area contributed by atoms with Crippen LogP contribution in [0.25, 0.3) is 0 Å². The molecule has 0 aliphatic heterocycles. The molecule has 0 heterocycles. The lowest BCUT2D eigenvalue weighted by atomic mass is 9.70. The molecule has 0 aromatic heterocycles. The van der Waals surface area contributed by atoms with Crippen molar-refractivity contribution in [3.05, 3.63) is 12.2 Å². The Morgan fingerprint density at radius 1 is 1.55 bits per heavy atom. The Hall–Kier alpha value is -0.590. The van der Waals surface area contributed by atoms with Gasteiger partial charge in [0.05, 0.1) is 0 Å². The fraction of sp³-hybridized carbons (Fsp3) is 0.700. The summed E-state index contributed by atoms with van der Waals surface area (Å²) in [6.45, 7) is 7.87. The van der Waals surface area contributed by atoms with Gasteiger partial charge in [-0.2, -0.15) is 0 Å². The summed E-state index contributed by atoms with van der Waals surface area (Å²) in [5, 5.41) is 0. The molecule has 1 aliphatic rings. The van der Waals surface area contributed by atoms with Gasteiger partial charge in [0.25, 0.3) is 0 Å². The van der Waals surface area contributed by atoms with E-state index in [4.69, 9.17) is 0 Å². The van der Waals surface area contributed by atoms with Gasteiger partial charge < -0.3 is 0 Å². The summed E-state index contributed by atoms with van der Waals surface area (Å²) < 4.78 is 0. The van der Waals surface area contributed by atoms with E-state index < -0.39 is 0 Å². The first-order valence-electron chi connectivity index (χ1n) is 4.26. The third kappa shape index (κ3) is 1.37. The summed E-state index contributed by atoms with van der Waals surface area (Å²) in [7, 11) is 0. The molecule has 0 aromatic carbocycles. The molecule has 0 radical (unpaired) electrons. The lowest BCUT2D eigenvalue weighted by Crippen LogP contribution is -2.31. The highest BCUT2D eigenvalue weighted by atomic mass is 16.1. The number of rotatable bonds is 1. The molecule has 0 N–H and O–H groups in total. The Morgan fingerprint density at radius 2 is 2.18 bits per heavy atom. The molecule has 1 rings (SSSR count). The maximum atomic E-state index is 11.5. The summed E-state index contributed by atoms with van der Waals surface area (Å²) in [4.78, 5) is 11.5. The summed E-state index contributed by atoms with van der Waals surface area (Å²) in [5.41, 5.74) is 0.834. The largest absolute Gasteiger partial charge is 0.299 e. The van der Waals surface area contributed by atoms with Gasteiger partial charge in [0, 0.05) is 11.8 Å². The molecule has 0 aromatic rings. The zero-order chi connectivity index (χ0) is 8.48. The molecule has 1 heteroatoms. The van der Waals surface area contributed by atoms with Crippen molar-refractivity contribution in [3.63, 3.8) is 0 Å². The topological polar surface area (TPSA) is 17.1 Å². The number of carbonyl (C=O) groups excluding carboxylic acids is 1. The Balaban J connectivity index is 2.81. The molecule has 1 fully saturated rings. The van der Waals surface area contributed by atoms with Crippen LogP contribution in [-0.2, 0) is 4.79 Å². The first kappa shape index (κ1) is 8.51. The van der Waals surface area contributed by atoms with Crippen molar-refractivity contribution < 1.29 is 4.79 Å². The molecule has 0 bridgehead atoms. The number of hydrogen-bond acceptors (Lipinski definition) is 1. The van der Waals surface area contributed by atoms with Gasteiger partial charge in [0.15, 0.2) is 0 Å². The van der Waals surface area contributed by atoms with Gasteiger partial charge in [-0.05, 0) is 26.7 Å². The fourth-order valence-corrected chi connectivity index (χ4v) is 1.63. The number of Topliss-reactive ketones (excluding diaryl/α,β-unsaturated/α-hetero) is 1. The van der Waals surface area contributed by atoms with Gasteiger partial charge in [-0.3, -0.25) is 4.79 Å². The van der Waals surface area contributed by atoms with Crippen molar-refractivity contribution in [1.29, 1.82) is 0 Å². The predicted molar refractivity (Wildman–Crippen MR) is 46.4 cm³/mol.